The lowest BCUT2D eigenvalue weighted by Gasteiger charge is -2.08. The largest absolute Gasteiger partial charge is 0.321 e. The molecule has 1 aromatic carbocycles. The third-order valence-electron chi connectivity index (χ3n) is 4.18. The van der Waals surface area contributed by atoms with Crippen LogP contribution in [0.5, 0.6) is 0 Å². The van der Waals surface area contributed by atoms with Gasteiger partial charge in [0.05, 0.1) is 29.3 Å². The van der Waals surface area contributed by atoms with Crippen LogP contribution in [0.3, 0.4) is 0 Å². The summed E-state index contributed by atoms with van der Waals surface area (Å²) in [5, 5.41) is 11.8. The molecule has 0 aliphatic rings. The minimum atomic E-state index is -0.107. The Morgan fingerprint density at radius 1 is 1.04 bits per heavy atom. The van der Waals surface area contributed by atoms with Crippen molar-refractivity contribution in [1.82, 2.24) is 19.6 Å². The van der Waals surface area contributed by atoms with E-state index < -0.39 is 0 Å². The Balaban J connectivity index is 1.72. The minimum Gasteiger partial charge on any atom is -0.321 e. The number of nitrogens with zero attached hydrogens (tertiary/aromatic N) is 4. The van der Waals surface area contributed by atoms with Crippen LogP contribution in [0.25, 0.3) is 0 Å². The maximum atomic E-state index is 12.3. The average Bonchev–Trinajstić information content (AvgIpc) is 3.08. The summed E-state index contributed by atoms with van der Waals surface area (Å²) in [7, 11) is 0. The van der Waals surface area contributed by atoms with Gasteiger partial charge in [-0.05, 0) is 39.3 Å². The van der Waals surface area contributed by atoms with Gasteiger partial charge in [-0.25, -0.2) is 0 Å². The Kier molecular flexibility index (Phi) is 4.70. The minimum absolute atomic E-state index is 0.107. The number of anilines is 1. The van der Waals surface area contributed by atoms with Crippen LogP contribution in [-0.2, 0) is 17.9 Å². The highest BCUT2D eigenvalue weighted by Gasteiger charge is 2.15. The number of carbonyl (C=O) groups is 1. The maximum Gasteiger partial charge on any atom is 0.246 e. The van der Waals surface area contributed by atoms with E-state index in [1.165, 1.54) is 11.1 Å². The Bertz CT molecular complexity index is 889. The molecule has 0 saturated carbocycles. The second kappa shape index (κ2) is 6.93. The second-order valence-corrected chi connectivity index (χ2v) is 6.39. The van der Waals surface area contributed by atoms with Crippen molar-refractivity contribution in [3.8, 4) is 0 Å². The van der Waals surface area contributed by atoms with Crippen molar-refractivity contribution in [3.05, 3.63) is 64.7 Å². The molecule has 6 heteroatoms. The van der Waals surface area contributed by atoms with Crippen molar-refractivity contribution >= 4 is 11.6 Å². The highest BCUT2D eigenvalue weighted by Crippen LogP contribution is 2.20. The first kappa shape index (κ1) is 17.0. The highest BCUT2D eigenvalue weighted by molar-refractivity contribution is 5.91. The Labute approximate surface area is 147 Å². The van der Waals surface area contributed by atoms with Gasteiger partial charge in [0.2, 0.25) is 5.91 Å². The van der Waals surface area contributed by atoms with E-state index in [2.05, 4.69) is 46.7 Å². The first-order chi connectivity index (χ1) is 11.9. The predicted molar refractivity (Wildman–Crippen MR) is 97.6 cm³/mol. The smallest absolute Gasteiger partial charge is 0.246 e. The number of aryl methyl sites for hydroxylation is 3. The van der Waals surface area contributed by atoms with Gasteiger partial charge in [0.15, 0.2) is 0 Å². The van der Waals surface area contributed by atoms with Crippen molar-refractivity contribution in [1.29, 1.82) is 0 Å². The topological polar surface area (TPSA) is 64.7 Å². The fourth-order valence-electron chi connectivity index (χ4n) is 2.78. The first-order valence-electron chi connectivity index (χ1n) is 8.32. The van der Waals surface area contributed by atoms with Crippen molar-refractivity contribution in [3.63, 3.8) is 0 Å². The summed E-state index contributed by atoms with van der Waals surface area (Å²) in [5.41, 5.74) is 5.85. The predicted octanol–water partition coefficient (Wildman–Crippen LogP) is 3.00. The number of amides is 1. The molecular weight excluding hydrogens is 314 g/mol. The van der Waals surface area contributed by atoms with Crippen molar-refractivity contribution in [2.75, 3.05) is 5.32 Å². The van der Waals surface area contributed by atoms with Gasteiger partial charge in [0, 0.05) is 6.20 Å². The number of nitrogens with one attached hydrogen (secondary N) is 1. The van der Waals surface area contributed by atoms with E-state index in [0.717, 1.165) is 22.8 Å². The lowest BCUT2D eigenvalue weighted by atomic mass is 10.1. The number of hydrogen-bond acceptors (Lipinski definition) is 3. The molecule has 3 aromatic rings. The first-order valence-corrected chi connectivity index (χ1v) is 8.32. The van der Waals surface area contributed by atoms with Crippen LogP contribution in [0.15, 0.2) is 36.5 Å². The van der Waals surface area contributed by atoms with E-state index in [4.69, 9.17) is 0 Å². The van der Waals surface area contributed by atoms with Gasteiger partial charge in [0.1, 0.15) is 6.54 Å². The molecule has 0 atom stereocenters. The van der Waals surface area contributed by atoms with E-state index in [9.17, 15) is 4.79 Å². The molecule has 0 saturated heterocycles. The van der Waals surface area contributed by atoms with E-state index in [-0.39, 0.29) is 12.5 Å². The van der Waals surface area contributed by atoms with Crippen LogP contribution in [0.1, 0.15) is 28.2 Å². The van der Waals surface area contributed by atoms with E-state index >= 15 is 0 Å². The van der Waals surface area contributed by atoms with Gasteiger partial charge in [0.25, 0.3) is 0 Å². The fraction of sp³-hybridized carbons (Fsp3) is 0.316. The van der Waals surface area contributed by atoms with Gasteiger partial charge in [-0.2, -0.15) is 10.2 Å². The number of rotatable bonds is 5. The SMILES string of the molecule is Cc1ccc(Cn2nc(C)c(NC(=O)Cn3ccc(C)n3)c2C)cc1. The van der Waals surface area contributed by atoms with Gasteiger partial charge >= 0.3 is 0 Å². The maximum absolute atomic E-state index is 12.3. The Hall–Kier alpha value is -2.89. The molecule has 25 heavy (non-hydrogen) atoms. The summed E-state index contributed by atoms with van der Waals surface area (Å²) in [6, 6.07) is 10.3. The monoisotopic (exact) mass is 337 g/mol. The van der Waals surface area contributed by atoms with E-state index in [0.29, 0.717) is 6.54 Å². The summed E-state index contributed by atoms with van der Waals surface area (Å²) in [5.74, 6) is -0.107. The molecule has 0 unspecified atom stereocenters. The number of aromatic nitrogens is 4. The molecule has 0 aliphatic heterocycles. The molecule has 1 amide bonds. The lowest BCUT2D eigenvalue weighted by molar-refractivity contribution is -0.116. The van der Waals surface area contributed by atoms with Gasteiger partial charge < -0.3 is 5.32 Å². The van der Waals surface area contributed by atoms with Crippen LogP contribution in [-0.4, -0.2) is 25.5 Å². The molecule has 1 N–H and O–H groups in total. The summed E-state index contributed by atoms with van der Waals surface area (Å²) in [6.45, 7) is 8.73. The molecule has 2 heterocycles. The quantitative estimate of drug-likeness (QED) is 0.778. The highest BCUT2D eigenvalue weighted by atomic mass is 16.2. The van der Waals surface area contributed by atoms with Gasteiger partial charge in [-0.3, -0.25) is 14.2 Å². The lowest BCUT2D eigenvalue weighted by Crippen LogP contribution is -2.20. The molecule has 0 aliphatic carbocycles. The molecular formula is C19H23N5O. The Morgan fingerprint density at radius 3 is 2.40 bits per heavy atom. The molecule has 3 rings (SSSR count). The zero-order chi connectivity index (χ0) is 18.0. The zero-order valence-corrected chi connectivity index (χ0v) is 15.1. The van der Waals surface area contributed by atoms with Crippen molar-refractivity contribution in [2.24, 2.45) is 0 Å². The molecule has 0 fully saturated rings. The molecule has 0 spiro atoms. The zero-order valence-electron chi connectivity index (χ0n) is 15.1. The van der Waals surface area contributed by atoms with E-state index in [1.54, 1.807) is 10.9 Å². The summed E-state index contributed by atoms with van der Waals surface area (Å²) in [4.78, 5) is 12.3. The molecule has 2 aromatic heterocycles. The number of carbonyl (C=O) groups excluding carboxylic acids is 1. The summed E-state index contributed by atoms with van der Waals surface area (Å²) < 4.78 is 3.56. The second-order valence-electron chi connectivity index (χ2n) is 6.39. The van der Waals surface area contributed by atoms with Crippen LogP contribution in [0.2, 0.25) is 0 Å². The molecule has 130 valence electrons. The summed E-state index contributed by atoms with van der Waals surface area (Å²) >= 11 is 0. The molecule has 0 radical (unpaired) electrons. The van der Waals surface area contributed by atoms with Crippen LogP contribution in [0.4, 0.5) is 5.69 Å². The number of hydrogen-bond donors (Lipinski definition) is 1. The normalized spacial score (nSPS) is 10.9. The number of benzene rings is 1. The third-order valence-corrected chi connectivity index (χ3v) is 4.18. The Morgan fingerprint density at radius 2 is 1.76 bits per heavy atom. The molecule has 6 nitrogen and oxygen atoms in total. The van der Waals surface area contributed by atoms with Crippen molar-refractivity contribution in [2.45, 2.75) is 40.8 Å². The van der Waals surface area contributed by atoms with Crippen molar-refractivity contribution < 1.29 is 4.79 Å². The van der Waals surface area contributed by atoms with Crippen LogP contribution < -0.4 is 5.32 Å². The van der Waals surface area contributed by atoms with Crippen LogP contribution >= 0.6 is 0 Å². The third kappa shape index (κ3) is 3.96. The molecule has 0 bridgehead atoms. The van der Waals surface area contributed by atoms with E-state index in [1.807, 2.05) is 31.5 Å². The summed E-state index contributed by atoms with van der Waals surface area (Å²) in [6.07, 6.45) is 1.80. The van der Waals surface area contributed by atoms with Gasteiger partial charge in [-0.15, -0.1) is 0 Å². The van der Waals surface area contributed by atoms with Gasteiger partial charge in [-0.1, -0.05) is 29.8 Å². The fourth-order valence-corrected chi connectivity index (χ4v) is 2.78. The standard InChI is InChI=1S/C19H23N5O/c1-13-5-7-17(8-6-13)11-24-16(4)19(15(3)22-24)20-18(25)12-23-10-9-14(2)21-23/h5-10H,11-12H2,1-4H3,(H,20,25). The van der Waals surface area contributed by atoms with Crippen LogP contribution in [0, 0.1) is 27.7 Å². The average molecular weight is 337 g/mol.